The smallest absolute Gasteiger partial charge is 0.215 e. The van der Waals surface area contributed by atoms with E-state index in [-0.39, 0.29) is 6.10 Å². The molecule has 5 nitrogen and oxygen atoms in total. The number of halogens is 2. The third-order valence-corrected chi connectivity index (χ3v) is 4.05. The minimum atomic E-state index is -0.981. The Bertz CT molecular complexity index is 636. The van der Waals surface area contributed by atoms with E-state index < -0.39 is 5.79 Å². The van der Waals surface area contributed by atoms with Crippen molar-refractivity contribution in [3.8, 4) is 0 Å². The zero-order chi connectivity index (χ0) is 15.6. The zero-order valence-corrected chi connectivity index (χ0v) is 13.5. The van der Waals surface area contributed by atoms with Gasteiger partial charge in [0.05, 0.1) is 31.1 Å². The summed E-state index contributed by atoms with van der Waals surface area (Å²) in [6, 6.07) is 5.29. The maximum Gasteiger partial charge on any atom is 0.215 e. The van der Waals surface area contributed by atoms with E-state index in [0.29, 0.717) is 29.8 Å². The summed E-state index contributed by atoms with van der Waals surface area (Å²) in [5.74, 6) is -0.981. The van der Waals surface area contributed by atoms with Gasteiger partial charge in [0.2, 0.25) is 5.79 Å². The van der Waals surface area contributed by atoms with Gasteiger partial charge >= 0.3 is 0 Å². The number of hydrogen-bond donors (Lipinski definition) is 0. The fraction of sp³-hybridized carbons (Fsp3) is 0.400. The number of imidazole rings is 1. The molecular weight excluding hydrogens is 327 g/mol. The first kappa shape index (κ1) is 15.8. The Morgan fingerprint density at radius 1 is 1.45 bits per heavy atom. The van der Waals surface area contributed by atoms with E-state index in [9.17, 15) is 0 Å². The topological polar surface area (TPSA) is 45.5 Å². The van der Waals surface area contributed by atoms with Crippen molar-refractivity contribution in [1.29, 1.82) is 0 Å². The largest absolute Gasteiger partial charge is 0.382 e. The minimum absolute atomic E-state index is 0.153. The number of aromatic nitrogens is 2. The summed E-state index contributed by atoms with van der Waals surface area (Å²) in [6.07, 6.45) is 5.11. The van der Waals surface area contributed by atoms with Crippen molar-refractivity contribution < 1.29 is 14.2 Å². The molecule has 22 heavy (non-hydrogen) atoms. The molecule has 1 saturated heterocycles. The molecule has 2 heterocycles. The molecule has 1 aliphatic rings. The average Bonchev–Trinajstić information content (AvgIpc) is 3.10. The Balaban J connectivity index is 1.96. The highest BCUT2D eigenvalue weighted by Crippen LogP contribution is 2.40. The van der Waals surface area contributed by atoms with E-state index >= 15 is 0 Å². The number of methoxy groups -OCH3 is 1. The lowest BCUT2D eigenvalue weighted by Crippen LogP contribution is -2.34. The predicted molar refractivity (Wildman–Crippen MR) is 83.1 cm³/mol. The molecule has 0 saturated carbocycles. The van der Waals surface area contributed by atoms with Crippen LogP contribution in [0.25, 0.3) is 0 Å². The highest BCUT2D eigenvalue weighted by atomic mass is 35.5. The Morgan fingerprint density at radius 3 is 3.00 bits per heavy atom. The number of benzene rings is 1. The van der Waals surface area contributed by atoms with Crippen LogP contribution in [0.5, 0.6) is 0 Å². The Hall–Kier alpha value is -1.11. The van der Waals surface area contributed by atoms with Gasteiger partial charge in [0.1, 0.15) is 6.10 Å². The van der Waals surface area contributed by atoms with Gasteiger partial charge in [0.25, 0.3) is 0 Å². The van der Waals surface area contributed by atoms with E-state index in [1.165, 1.54) is 0 Å². The lowest BCUT2D eigenvalue weighted by Gasteiger charge is -2.29. The monoisotopic (exact) mass is 342 g/mol. The van der Waals surface area contributed by atoms with Crippen LogP contribution >= 0.6 is 23.2 Å². The number of nitrogens with zero attached hydrogens (tertiary/aromatic N) is 2. The molecule has 1 unspecified atom stereocenters. The lowest BCUT2D eigenvalue weighted by molar-refractivity contribution is -0.190. The van der Waals surface area contributed by atoms with Crippen molar-refractivity contribution in [1.82, 2.24) is 9.55 Å². The van der Waals surface area contributed by atoms with Gasteiger partial charge in [0.15, 0.2) is 0 Å². The molecular formula is C15H16Cl2N2O3. The lowest BCUT2D eigenvalue weighted by atomic mass is 10.1. The van der Waals surface area contributed by atoms with Crippen molar-refractivity contribution in [3.05, 3.63) is 52.5 Å². The van der Waals surface area contributed by atoms with Crippen molar-refractivity contribution in [3.63, 3.8) is 0 Å². The van der Waals surface area contributed by atoms with Crippen LogP contribution in [0, 0.1) is 0 Å². The molecule has 0 spiro atoms. The van der Waals surface area contributed by atoms with Crippen molar-refractivity contribution in [2.24, 2.45) is 0 Å². The fourth-order valence-corrected chi connectivity index (χ4v) is 3.11. The minimum Gasteiger partial charge on any atom is -0.382 e. The molecule has 0 N–H and O–H groups in total. The second-order valence-corrected chi connectivity index (χ2v) is 5.96. The molecule has 0 radical (unpaired) electrons. The molecule has 1 aliphatic heterocycles. The second-order valence-electron chi connectivity index (χ2n) is 5.12. The first-order valence-electron chi connectivity index (χ1n) is 6.85. The first-order chi connectivity index (χ1) is 10.6. The normalized spacial score (nSPS) is 24.8. The van der Waals surface area contributed by atoms with Gasteiger partial charge < -0.3 is 18.8 Å². The molecule has 2 aromatic rings. The van der Waals surface area contributed by atoms with Gasteiger partial charge in [-0.25, -0.2) is 4.98 Å². The molecule has 1 aromatic carbocycles. The number of rotatable bonds is 5. The Morgan fingerprint density at radius 2 is 2.32 bits per heavy atom. The standard InChI is InChI=1S/C15H16Cl2N2O3/c1-20-7-12-8-21-15(22-12,9-19-5-4-18-10-19)13-3-2-11(16)6-14(13)17/h2-6,10,12H,7-9H2,1H3/t12?,15-/m0/s1. The SMILES string of the molecule is COCC1CO[C@](Cn2ccnc2)(c2ccc(Cl)cc2Cl)O1. The summed E-state index contributed by atoms with van der Waals surface area (Å²) < 4.78 is 19.2. The summed E-state index contributed by atoms with van der Waals surface area (Å²) in [7, 11) is 1.63. The van der Waals surface area contributed by atoms with Gasteiger partial charge in [-0.2, -0.15) is 0 Å². The summed E-state index contributed by atoms with van der Waals surface area (Å²) >= 11 is 12.4. The van der Waals surface area contributed by atoms with Crippen LogP contribution in [0.3, 0.4) is 0 Å². The third kappa shape index (κ3) is 3.14. The van der Waals surface area contributed by atoms with Gasteiger partial charge in [-0.1, -0.05) is 29.3 Å². The van der Waals surface area contributed by atoms with Gasteiger partial charge in [-0.15, -0.1) is 0 Å². The summed E-state index contributed by atoms with van der Waals surface area (Å²) in [6.45, 7) is 1.33. The van der Waals surface area contributed by atoms with Gasteiger partial charge in [-0.05, 0) is 12.1 Å². The summed E-state index contributed by atoms with van der Waals surface area (Å²) in [5.41, 5.74) is 0.742. The Kier molecular flexibility index (Phi) is 4.70. The van der Waals surface area contributed by atoms with E-state index in [1.807, 2.05) is 16.8 Å². The Labute approximate surface area is 138 Å². The molecule has 0 bridgehead atoms. The maximum atomic E-state index is 6.36. The van der Waals surface area contributed by atoms with Crippen molar-refractivity contribution in [2.45, 2.75) is 18.4 Å². The molecule has 118 valence electrons. The molecule has 1 aromatic heterocycles. The van der Waals surface area contributed by atoms with Crippen molar-refractivity contribution in [2.75, 3.05) is 20.3 Å². The fourth-order valence-electron chi connectivity index (χ4n) is 2.56. The van der Waals surface area contributed by atoms with Crippen LogP contribution in [0.2, 0.25) is 10.0 Å². The van der Waals surface area contributed by atoms with Crippen LogP contribution < -0.4 is 0 Å². The van der Waals surface area contributed by atoms with E-state index in [1.54, 1.807) is 31.8 Å². The summed E-state index contributed by atoms with van der Waals surface area (Å²) in [4.78, 5) is 4.05. The van der Waals surface area contributed by atoms with E-state index in [4.69, 9.17) is 37.4 Å². The number of hydrogen-bond acceptors (Lipinski definition) is 4. The maximum absolute atomic E-state index is 6.36. The van der Waals surface area contributed by atoms with Crippen LogP contribution in [-0.4, -0.2) is 36.0 Å². The molecule has 3 rings (SSSR count). The highest BCUT2D eigenvalue weighted by molar-refractivity contribution is 6.35. The van der Waals surface area contributed by atoms with Crippen LogP contribution in [-0.2, 0) is 26.5 Å². The number of ether oxygens (including phenoxy) is 3. The zero-order valence-electron chi connectivity index (χ0n) is 12.0. The average molecular weight is 343 g/mol. The predicted octanol–water partition coefficient (Wildman–Crippen LogP) is 3.10. The molecule has 0 aliphatic carbocycles. The van der Waals surface area contributed by atoms with Gasteiger partial charge in [0, 0.05) is 30.1 Å². The third-order valence-electron chi connectivity index (χ3n) is 3.50. The van der Waals surface area contributed by atoms with Crippen molar-refractivity contribution >= 4 is 23.2 Å². The van der Waals surface area contributed by atoms with Crippen LogP contribution in [0.4, 0.5) is 0 Å². The van der Waals surface area contributed by atoms with E-state index in [2.05, 4.69) is 4.98 Å². The van der Waals surface area contributed by atoms with Gasteiger partial charge in [-0.3, -0.25) is 0 Å². The molecule has 7 heteroatoms. The molecule has 1 fully saturated rings. The first-order valence-corrected chi connectivity index (χ1v) is 7.60. The highest BCUT2D eigenvalue weighted by Gasteiger charge is 2.45. The summed E-state index contributed by atoms with van der Waals surface area (Å²) in [5, 5.41) is 1.07. The molecule has 0 amide bonds. The van der Waals surface area contributed by atoms with E-state index in [0.717, 1.165) is 5.56 Å². The second kappa shape index (κ2) is 6.56. The van der Waals surface area contributed by atoms with Crippen LogP contribution in [0.15, 0.2) is 36.9 Å². The quantitative estimate of drug-likeness (QED) is 0.837. The van der Waals surface area contributed by atoms with Crippen LogP contribution in [0.1, 0.15) is 5.56 Å². The molecule has 2 atom stereocenters.